The van der Waals surface area contributed by atoms with E-state index in [1.54, 1.807) is 64.0 Å². The Hall–Kier alpha value is 0.682. The predicted molar refractivity (Wildman–Crippen MR) is 95.6 cm³/mol. The van der Waals surface area contributed by atoms with Crippen LogP contribution in [0.2, 0.25) is 0 Å². The van der Waals surface area contributed by atoms with E-state index in [9.17, 15) is 0 Å². The van der Waals surface area contributed by atoms with Gasteiger partial charge in [0.2, 0.25) is 0 Å². The zero-order valence-electron chi connectivity index (χ0n) is 17.1. The first-order chi connectivity index (χ1) is 13.0. The first-order valence-electron chi connectivity index (χ1n) is 5.93. The van der Waals surface area contributed by atoms with Crippen LogP contribution >= 0.6 is 25.8 Å². The topological polar surface area (TPSA) is 143 Å². The Morgan fingerprint density at radius 1 is 0.357 bits per heavy atom. The first-order valence-corrected chi connectivity index (χ1v) is 9.22. The normalized spacial score (nSPS) is 7.93. The largest absolute Gasteiger partial charge is 0 e. The van der Waals surface area contributed by atoms with E-state index >= 15 is 0 Å². The second-order valence-corrected chi connectivity index (χ2v) is 6.94. The Morgan fingerprint density at radius 3 is 0.429 bits per heavy atom. The summed E-state index contributed by atoms with van der Waals surface area (Å²) >= 11 is 0. The Kier molecular flexibility index (Phi) is 94.3. The summed E-state index contributed by atoms with van der Waals surface area (Å²) in [6.45, 7) is 13.5. The second-order valence-electron chi connectivity index (χ2n) is 2.31. The van der Waals surface area contributed by atoms with Gasteiger partial charge in [-0.2, -0.15) is 0 Å². The maximum Gasteiger partial charge on any atom is 0 e. The van der Waals surface area contributed by atoms with E-state index in [4.69, 9.17) is 14.0 Å². The third-order valence-electron chi connectivity index (χ3n) is 1.34. The summed E-state index contributed by atoms with van der Waals surface area (Å²) in [5.41, 5.74) is 0. The van der Waals surface area contributed by atoms with Crippen LogP contribution < -0.4 is 0 Å². The minimum absolute atomic E-state index is 0. The molecule has 0 aliphatic carbocycles. The van der Waals surface area contributed by atoms with Gasteiger partial charge < -0.3 is 40.7 Å². The molecule has 0 aliphatic rings. The van der Waals surface area contributed by atoms with Crippen LogP contribution in [0.5, 0.6) is 0 Å². The minimum atomic E-state index is -1.05. The van der Waals surface area contributed by atoms with Gasteiger partial charge in [-0.25, -0.2) is 0 Å². The van der Waals surface area contributed by atoms with Crippen LogP contribution in [0.1, 0.15) is 0 Å². The van der Waals surface area contributed by atoms with Gasteiger partial charge in [-0.05, 0) is 0 Å². The van der Waals surface area contributed by atoms with Crippen LogP contribution in [0, 0.1) is 20.0 Å². The van der Waals surface area contributed by atoms with Crippen LogP contribution in [0.4, 0.5) is 0 Å². The van der Waals surface area contributed by atoms with Crippen molar-refractivity contribution in [1.29, 1.82) is 0 Å². The summed E-state index contributed by atoms with van der Waals surface area (Å²) in [5.74, 6) is 0. The molecule has 0 rings (SSSR count). The molecule has 168 valence electrons. The van der Waals surface area contributed by atoms with Gasteiger partial charge in [0.05, 0.1) is 0 Å². The van der Waals surface area contributed by atoms with E-state index in [1.807, 2.05) is 0 Å². The molecule has 0 radical (unpaired) electrons. The molecule has 0 saturated heterocycles. The Morgan fingerprint density at radius 2 is 0.429 bits per heavy atom. The fraction of sp³-hybridized carbons (Fsp3) is 0.750. The maximum atomic E-state index is 7.50. The molecule has 0 spiro atoms. The zero-order chi connectivity index (χ0) is 23.1. The molecule has 0 heterocycles. The van der Waals surface area contributed by atoms with Crippen molar-refractivity contribution in [2.45, 2.75) is 0 Å². The number of rotatable bonds is 9. The van der Waals surface area contributed by atoms with Gasteiger partial charge in [-0.3, -0.25) is 0 Å². The molecule has 0 aromatic rings. The molecule has 0 aromatic heterocycles. The average molecular weight is 508 g/mol. The maximum absolute atomic E-state index is 7.50. The average Bonchev–Trinajstić information content (AvgIpc) is 2.77. The summed E-state index contributed by atoms with van der Waals surface area (Å²) in [4.78, 5) is 0. The Balaban J connectivity index is -0.0000000408. The molecule has 0 N–H and O–H groups in total. The van der Waals surface area contributed by atoms with Crippen LogP contribution in [-0.2, 0) is 72.0 Å². The summed E-state index contributed by atoms with van der Waals surface area (Å²) in [6.07, 6.45) is 0. The fourth-order valence-electron chi connectivity index (χ4n) is 0.671. The zero-order valence-corrected chi connectivity index (χ0v) is 21.1. The quantitative estimate of drug-likeness (QED) is 0.260. The second kappa shape index (κ2) is 56.5. The minimum Gasteiger partial charge on any atom is 0 e. The summed E-state index contributed by atoms with van der Waals surface area (Å²) in [7, 11) is 10.7. The molecule has 28 heavy (non-hydrogen) atoms. The molecule has 0 fully saturated rings. The van der Waals surface area contributed by atoms with Crippen molar-refractivity contribution in [3.8, 4) is 0 Å². The van der Waals surface area contributed by atoms with Crippen molar-refractivity contribution < 1.29 is 72.0 Å². The fourth-order valence-corrected chi connectivity index (χ4v) is 2.01. The van der Waals surface area contributed by atoms with Crippen molar-refractivity contribution in [1.82, 2.24) is 0 Å². The van der Waals surface area contributed by atoms with Crippen molar-refractivity contribution in [2.75, 3.05) is 64.0 Å². The molecule has 0 bridgehead atoms. The van der Waals surface area contributed by atoms with Crippen molar-refractivity contribution in [3.05, 3.63) is 20.0 Å². The molecule has 0 unspecified atom stereocenters. The third kappa shape index (κ3) is 50.4. The van der Waals surface area contributed by atoms with Crippen LogP contribution in [-0.4, -0.2) is 64.0 Å². The standard InChI is InChI=1S/3C3H9O3P.3CO.Cr/c3*1-4-7(5-2)6-3;3*1-2;/h3*1-3H3;;;;. The van der Waals surface area contributed by atoms with Crippen LogP contribution in [0.25, 0.3) is 0 Å². The van der Waals surface area contributed by atoms with Crippen LogP contribution in [0.3, 0.4) is 0 Å². The molecule has 12 nitrogen and oxygen atoms in total. The summed E-state index contributed by atoms with van der Waals surface area (Å²) < 4.78 is 64.5. The summed E-state index contributed by atoms with van der Waals surface area (Å²) in [6, 6.07) is 0. The van der Waals surface area contributed by atoms with E-state index in [0.29, 0.717) is 0 Å². The molecule has 0 aromatic carbocycles. The third-order valence-corrected chi connectivity index (χ3v) is 4.02. The van der Waals surface area contributed by atoms with Crippen molar-refractivity contribution in [3.63, 3.8) is 0 Å². The Labute approximate surface area is 182 Å². The number of hydrogen-bond donors (Lipinski definition) is 0. The molecule has 0 aliphatic heterocycles. The van der Waals surface area contributed by atoms with E-state index in [1.165, 1.54) is 0 Å². The van der Waals surface area contributed by atoms with E-state index in [-0.39, 0.29) is 17.4 Å². The van der Waals surface area contributed by atoms with Gasteiger partial charge in [-0.15, -0.1) is 0 Å². The predicted octanol–water partition coefficient (Wildman–Crippen LogP) is 3.34. The molecular weight excluding hydrogens is 481 g/mol. The molecule has 0 saturated carbocycles. The van der Waals surface area contributed by atoms with Crippen molar-refractivity contribution >= 4 is 25.8 Å². The molecule has 16 heteroatoms. The van der Waals surface area contributed by atoms with Gasteiger partial charge in [0, 0.05) is 81.3 Å². The number of hydrogen-bond acceptors (Lipinski definition) is 9. The molecular formula is C12H27CrO12P3. The van der Waals surface area contributed by atoms with Gasteiger partial charge in [0.1, 0.15) is 0 Å². The van der Waals surface area contributed by atoms with Gasteiger partial charge >= 0.3 is 59.7 Å². The van der Waals surface area contributed by atoms with E-state index in [0.717, 1.165) is 0 Å². The SMILES string of the molecule is COP(OC)OC.COP(OC)OC.COP(OC)OC.[C-]#[O+].[C-]#[O+].[C-]#[O+].[Cr]. The van der Waals surface area contributed by atoms with Gasteiger partial charge in [-0.1, -0.05) is 0 Å². The monoisotopic (exact) mass is 508 g/mol. The molecule has 0 amide bonds. The summed E-state index contributed by atoms with van der Waals surface area (Å²) in [5, 5.41) is 0. The van der Waals surface area contributed by atoms with Gasteiger partial charge in [0.15, 0.2) is 0 Å². The Bertz CT molecular complexity index is 215. The van der Waals surface area contributed by atoms with E-state index < -0.39 is 25.8 Å². The van der Waals surface area contributed by atoms with Crippen molar-refractivity contribution in [2.24, 2.45) is 0 Å². The smallest absolute Gasteiger partial charge is 0 e. The van der Waals surface area contributed by atoms with Crippen LogP contribution in [0.15, 0.2) is 0 Å². The molecule has 0 atom stereocenters. The first kappa shape index (κ1) is 46.8. The van der Waals surface area contributed by atoms with Gasteiger partial charge in [0.25, 0.3) is 0 Å². The van der Waals surface area contributed by atoms with E-state index in [2.05, 4.69) is 60.7 Å².